The van der Waals surface area contributed by atoms with Crippen molar-refractivity contribution in [3.8, 4) is 17.2 Å². The lowest BCUT2D eigenvalue weighted by molar-refractivity contribution is 0.0745. The summed E-state index contributed by atoms with van der Waals surface area (Å²) in [5.41, 5.74) is 1.55. The minimum absolute atomic E-state index is 0.0722. The first-order valence-electron chi connectivity index (χ1n) is 10.6. The Morgan fingerprint density at radius 1 is 0.875 bits per heavy atom. The molecule has 0 saturated carbocycles. The monoisotopic (exact) mass is 443 g/mol. The zero-order chi connectivity index (χ0) is 22.5. The summed E-state index contributed by atoms with van der Waals surface area (Å²) in [6.45, 7) is 5.66. The molecule has 0 atom stereocenters. The van der Waals surface area contributed by atoms with Gasteiger partial charge in [-0.3, -0.25) is 4.79 Å². The van der Waals surface area contributed by atoms with Crippen LogP contribution < -0.4 is 24.0 Å². The summed E-state index contributed by atoms with van der Waals surface area (Å²) in [5.74, 6) is 2.15. The van der Waals surface area contributed by atoms with E-state index in [-0.39, 0.29) is 5.91 Å². The number of aromatic nitrogens is 2. The number of morpholine rings is 1. The molecule has 2 saturated heterocycles. The van der Waals surface area contributed by atoms with Gasteiger partial charge in [-0.15, -0.1) is 5.10 Å². The molecule has 0 unspecified atom stereocenters. The molecule has 0 spiro atoms. The van der Waals surface area contributed by atoms with E-state index >= 15 is 0 Å². The van der Waals surface area contributed by atoms with Crippen molar-refractivity contribution >= 4 is 17.4 Å². The van der Waals surface area contributed by atoms with Crippen LogP contribution in [0.5, 0.6) is 17.2 Å². The third-order valence-corrected chi connectivity index (χ3v) is 5.81. The lowest BCUT2D eigenvalue weighted by Crippen LogP contribution is -2.49. The molecule has 4 rings (SSSR count). The van der Waals surface area contributed by atoms with Crippen LogP contribution in [0.3, 0.4) is 0 Å². The summed E-state index contributed by atoms with van der Waals surface area (Å²) in [6.07, 6.45) is 1.79. The van der Waals surface area contributed by atoms with E-state index < -0.39 is 0 Å². The maximum atomic E-state index is 13.1. The van der Waals surface area contributed by atoms with Gasteiger partial charge in [0.2, 0.25) is 5.75 Å². The predicted octanol–water partition coefficient (Wildman–Crippen LogP) is 1.30. The number of ether oxygens (including phenoxy) is 4. The van der Waals surface area contributed by atoms with Crippen LogP contribution in [0.15, 0.2) is 24.4 Å². The summed E-state index contributed by atoms with van der Waals surface area (Å²) >= 11 is 0. The van der Waals surface area contributed by atoms with E-state index in [0.29, 0.717) is 49.0 Å². The number of carbonyl (C=O) groups excluding carboxylic acids is 1. The first-order valence-corrected chi connectivity index (χ1v) is 10.6. The van der Waals surface area contributed by atoms with E-state index in [1.165, 1.54) is 21.3 Å². The molecular weight excluding hydrogens is 414 g/mol. The van der Waals surface area contributed by atoms with Gasteiger partial charge < -0.3 is 33.6 Å². The molecule has 0 aliphatic carbocycles. The quantitative estimate of drug-likeness (QED) is 0.655. The molecule has 2 aliphatic heterocycles. The third kappa shape index (κ3) is 4.50. The van der Waals surface area contributed by atoms with Gasteiger partial charge in [-0.25, -0.2) is 0 Å². The number of hydrogen-bond donors (Lipinski definition) is 0. The van der Waals surface area contributed by atoms with Crippen molar-refractivity contribution in [3.05, 3.63) is 30.0 Å². The van der Waals surface area contributed by atoms with Crippen LogP contribution in [0.1, 0.15) is 10.4 Å². The Balaban J connectivity index is 1.43. The maximum Gasteiger partial charge on any atom is 0.254 e. The largest absolute Gasteiger partial charge is 0.493 e. The SMILES string of the molecule is COc1cc(C(=O)N2CCN(c3cc(N4CCOCC4)cnn3)CC2)cc(OC)c1OC. The third-order valence-electron chi connectivity index (χ3n) is 5.81. The Kier molecular flexibility index (Phi) is 6.79. The van der Waals surface area contributed by atoms with Gasteiger partial charge in [-0.2, -0.15) is 5.10 Å². The molecule has 0 radical (unpaired) electrons. The summed E-state index contributed by atoms with van der Waals surface area (Å²) < 4.78 is 21.5. The number of amides is 1. The first-order chi connectivity index (χ1) is 15.6. The van der Waals surface area contributed by atoms with Gasteiger partial charge in [0.1, 0.15) is 0 Å². The Hall–Kier alpha value is -3.27. The van der Waals surface area contributed by atoms with Gasteiger partial charge in [0.25, 0.3) is 5.91 Å². The molecule has 172 valence electrons. The zero-order valence-electron chi connectivity index (χ0n) is 18.7. The average Bonchev–Trinajstić information content (AvgIpc) is 2.88. The zero-order valence-corrected chi connectivity index (χ0v) is 18.7. The molecule has 1 aromatic heterocycles. The molecule has 10 nitrogen and oxygen atoms in total. The molecule has 0 bridgehead atoms. The van der Waals surface area contributed by atoms with Gasteiger partial charge in [-0.1, -0.05) is 0 Å². The van der Waals surface area contributed by atoms with Crippen LogP contribution in [0.2, 0.25) is 0 Å². The van der Waals surface area contributed by atoms with Crippen LogP contribution in [0, 0.1) is 0 Å². The van der Waals surface area contributed by atoms with Gasteiger partial charge in [0.15, 0.2) is 17.3 Å². The van der Waals surface area contributed by atoms with Crippen molar-refractivity contribution in [2.24, 2.45) is 0 Å². The summed E-state index contributed by atoms with van der Waals surface area (Å²) in [4.78, 5) is 19.4. The second-order valence-electron chi connectivity index (χ2n) is 7.56. The Morgan fingerprint density at radius 3 is 2.12 bits per heavy atom. The van der Waals surface area contributed by atoms with Crippen molar-refractivity contribution in [2.45, 2.75) is 0 Å². The number of piperazine rings is 1. The van der Waals surface area contributed by atoms with E-state index in [4.69, 9.17) is 18.9 Å². The lowest BCUT2D eigenvalue weighted by atomic mass is 10.1. The molecule has 10 heteroatoms. The van der Waals surface area contributed by atoms with Gasteiger partial charge >= 0.3 is 0 Å². The standard InChI is InChI=1S/C22H29N5O5/c1-29-18-12-16(13-19(30-2)21(18)31-3)22(28)27-6-4-26(5-7-27)20-14-17(15-23-24-20)25-8-10-32-11-9-25/h12-15H,4-11H2,1-3H3. The Morgan fingerprint density at radius 2 is 1.53 bits per heavy atom. The van der Waals surface area contributed by atoms with Crippen molar-refractivity contribution in [1.82, 2.24) is 15.1 Å². The molecule has 0 N–H and O–H groups in total. The van der Waals surface area contributed by atoms with Crippen molar-refractivity contribution in [2.75, 3.05) is 83.6 Å². The highest BCUT2D eigenvalue weighted by Gasteiger charge is 2.26. The number of benzene rings is 1. The predicted molar refractivity (Wildman–Crippen MR) is 119 cm³/mol. The van der Waals surface area contributed by atoms with Crippen LogP contribution in [0.25, 0.3) is 0 Å². The Bertz CT molecular complexity index is 917. The fourth-order valence-electron chi connectivity index (χ4n) is 4.02. The molecule has 2 fully saturated rings. The minimum Gasteiger partial charge on any atom is -0.493 e. The van der Waals surface area contributed by atoms with E-state index in [1.807, 2.05) is 4.90 Å². The molecule has 1 aromatic carbocycles. The fraction of sp³-hybridized carbons (Fsp3) is 0.500. The van der Waals surface area contributed by atoms with Gasteiger partial charge in [0, 0.05) is 50.9 Å². The highest BCUT2D eigenvalue weighted by atomic mass is 16.5. The molecule has 2 aromatic rings. The van der Waals surface area contributed by atoms with E-state index in [2.05, 4.69) is 26.1 Å². The van der Waals surface area contributed by atoms with Crippen molar-refractivity contribution in [3.63, 3.8) is 0 Å². The minimum atomic E-state index is -0.0722. The summed E-state index contributed by atoms with van der Waals surface area (Å²) in [7, 11) is 4.62. The van der Waals surface area contributed by atoms with Crippen LogP contribution >= 0.6 is 0 Å². The van der Waals surface area contributed by atoms with E-state index in [1.54, 1.807) is 18.3 Å². The normalized spacial score (nSPS) is 16.7. The number of nitrogens with zero attached hydrogens (tertiary/aromatic N) is 5. The van der Waals surface area contributed by atoms with Crippen molar-refractivity contribution in [1.29, 1.82) is 0 Å². The van der Waals surface area contributed by atoms with Crippen LogP contribution in [-0.4, -0.2) is 94.8 Å². The molecule has 32 heavy (non-hydrogen) atoms. The fourth-order valence-corrected chi connectivity index (χ4v) is 4.02. The number of methoxy groups -OCH3 is 3. The highest BCUT2D eigenvalue weighted by Crippen LogP contribution is 2.38. The molecule has 2 aliphatic rings. The van der Waals surface area contributed by atoms with Crippen LogP contribution in [0.4, 0.5) is 11.5 Å². The lowest BCUT2D eigenvalue weighted by Gasteiger charge is -2.36. The Labute approximate surface area is 187 Å². The summed E-state index contributed by atoms with van der Waals surface area (Å²) in [6, 6.07) is 5.44. The second kappa shape index (κ2) is 9.90. The topological polar surface area (TPSA) is 89.5 Å². The number of anilines is 2. The number of rotatable bonds is 6. The summed E-state index contributed by atoms with van der Waals surface area (Å²) in [5, 5.41) is 8.51. The highest BCUT2D eigenvalue weighted by molar-refractivity contribution is 5.95. The molecule has 1 amide bonds. The maximum absolute atomic E-state index is 13.1. The van der Waals surface area contributed by atoms with Crippen LogP contribution in [-0.2, 0) is 4.74 Å². The molecule has 3 heterocycles. The average molecular weight is 444 g/mol. The smallest absolute Gasteiger partial charge is 0.254 e. The van der Waals surface area contributed by atoms with Gasteiger partial charge in [0.05, 0.1) is 46.4 Å². The van der Waals surface area contributed by atoms with Gasteiger partial charge in [-0.05, 0) is 12.1 Å². The second-order valence-corrected chi connectivity index (χ2v) is 7.56. The first kappa shape index (κ1) is 21.9. The van der Waals surface area contributed by atoms with E-state index in [9.17, 15) is 4.79 Å². The van der Waals surface area contributed by atoms with Crippen molar-refractivity contribution < 1.29 is 23.7 Å². The van der Waals surface area contributed by atoms with E-state index in [0.717, 1.165) is 37.8 Å². The number of hydrogen-bond acceptors (Lipinski definition) is 9. The number of carbonyl (C=O) groups is 1. The molecular formula is C22H29N5O5.